The minimum Gasteiger partial charge on any atom is -0.166 e. The van der Waals surface area contributed by atoms with E-state index in [0.29, 0.717) is 0 Å². The van der Waals surface area contributed by atoms with Crippen LogP contribution in [-0.4, -0.2) is 0 Å². The normalized spacial score (nSPS) is 12.3. The molecule has 2 aromatic rings. The number of hydrogen-bond donors (Lipinski definition) is 0. The van der Waals surface area contributed by atoms with Crippen LogP contribution in [0.3, 0.4) is 0 Å². The minimum absolute atomic E-state index is 0.0912. The minimum atomic E-state index is -4.27. The van der Waals surface area contributed by atoms with E-state index in [1.807, 2.05) is 51.1 Å². The van der Waals surface area contributed by atoms with Crippen LogP contribution in [0.1, 0.15) is 43.4 Å². The molecule has 0 spiro atoms. The van der Waals surface area contributed by atoms with Gasteiger partial charge in [0.15, 0.2) is 0 Å². The second-order valence-corrected chi connectivity index (χ2v) is 4.25. The Bertz CT molecular complexity index is 498. The number of alkyl halides is 3. The molecule has 0 heterocycles. The molecule has 1 unspecified atom stereocenters. The highest BCUT2D eigenvalue weighted by Gasteiger charge is 2.30. The van der Waals surface area contributed by atoms with Crippen molar-refractivity contribution in [3.8, 4) is 0 Å². The van der Waals surface area contributed by atoms with Gasteiger partial charge < -0.3 is 0 Å². The predicted molar refractivity (Wildman–Crippen MR) is 76.8 cm³/mol. The first-order valence-electron chi connectivity index (χ1n) is 6.70. The first-order chi connectivity index (χ1) is 9.48. The van der Waals surface area contributed by atoms with Gasteiger partial charge in [0.25, 0.3) is 0 Å². The number of rotatable bonds is 2. The zero-order valence-electron chi connectivity index (χ0n) is 11.9. The van der Waals surface area contributed by atoms with Crippen molar-refractivity contribution in [2.24, 2.45) is 0 Å². The average Bonchev–Trinajstić information content (AvgIpc) is 2.49. The number of benzene rings is 2. The zero-order valence-corrected chi connectivity index (χ0v) is 11.9. The summed E-state index contributed by atoms with van der Waals surface area (Å²) in [4.78, 5) is 0. The van der Waals surface area contributed by atoms with Crippen molar-refractivity contribution in [3.63, 3.8) is 0 Å². The van der Waals surface area contributed by atoms with Crippen molar-refractivity contribution in [1.29, 1.82) is 0 Å². The maximum Gasteiger partial charge on any atom is 0.416 e. The van der Waals surface area contributed by atoms with Crippen LogP contribution in [0.2, 0.25) is 0 Å². The summed E-state index contributed by atoms with van der Waals surface area (Å²) in [6.45, 7) is 5.98. The molecule has 0 aromatic heterocycles. The van der Waals surface area contributed by atoms with Gasteiger partial charge in [-0.25, -0.2) is 0 Å². The lowest BCUT2D eigenvalue weighted by atomic mass is 9.92. The van der Waals surface area contributed by atoms with Crippen LogP contribution in [0, 0.1) is 0 Å². The van der Waals surface area contributed by atoms with E-state index >= 15 is 0 Å². The Morgan fingerprint density at radius 3 is 1.65 bits per heavy atom. The van der Waals surface area contributed by atoms with Gasteiger partial charge in [0.2, 0.25) is 0 Å². The van der Waals surface area contributed by atoms with Gasteiger partial charge in [0, 0.05) is 5.92 Å². The summed E-state index contributed by atoms with van der Waals surface area (Å²) in [7, 11) is 0. The molecule has 0 aliphatic carbocycles. The molecule has 1 atom stereocenters. The van der Waals surface area contributed by atoms with Crippen molar-refractivity contribution >= 4 is 0 Å². The second kappa shape index (κ2) is 7.13. The van der Waals surface area contributed by atoms with E-state index in [-0.39, 0.29) is 5.92 Å². The average molecular weight is 280 g/mol. The van der Waals surface area contributed by atoms with Gasteiger partial charge in [0.05, 0.1) is 5.56 Å². The van der Waals surface area contributed by atoms with Crippen LogP contribution in [-0.2, 0) is 6.18 Å². The summed E-state index contributed by atoms with van der Waals surface area (Å²) in [6.07, 6.45) is -4.27. The maximum atomic E-state index is 12.4. The lowest BCUT2D eigenvalue weighted by molar-refractivity contribution is -0.137. The van der Waals surface area contributed by atoms with Crippen LogP contribution >= 0.6 is 0 Å². The zero-order chi connectivity index (χ0) is 15.2. The van der Waals surface area contributed by atoms with Crippen molar-refractivity contribution in [2.75, 3.05) is 0 Å². The van der Waals surface area contributed by atoms with E-state index in [1.165, 1.54) is 0 Å². The number of halogens is 3. The lowest BCUT2D eigenvalue weighted by Gasteiger charge is -2.13. The molecule has 3 heteroatoms. The summed E-state index contributed by atoms with van der Waals surface area (Å²) < 4.78 is 37.3. The molecule has 0 aliphatic heterocycles. The molecule has 2 aromatic carbocycles. The van der Waals surface area contributed by atoms with Crippen molar-refractivity contribution in [3.05, 3.63) is 71.3 Å². The Kier molecular flexibility index (Phi) is 5.81. The predicted octanol–water partition coefficient (Wildman–Crippen LogP) is 5.88. The lowest BCUT2D eigenvalue weighted by Crippen LogP contribution is -2.05. The van der Waals surface area contributed by atoms with Crippen LogP contribution in [0.4, 0.5) is 13.2 Å². The first kappa shape index (κ1) is 16.3. The summed E-state index contributed by atoms with van der Waals surface area (Å²) in [5.41, 5.74) is 1.37. The van der Waals surface area contributed by atoms with E-state index in [9.17, 15) is 13.2 Å². The number of hydrogen-bond acceptors (Lipinski definition) is 0. The van der Waals surface area contributed by atoms with Gasteiger partial charge in [-0.2, -0.15) is 13.2 Å². The van der Waals surface area contributed by atoms with Crippen LogP contribution < -0.4 is 0 Å². The molecule has 20 heavy (non-hydrogen) atoms. The van der Waals surface area contributed by atoms with Crippen LogP contribution in [0.5, 0.6) is 0 Å². The fraction of sp³-hybridized carbons (Fsp3) is 0.294. The maximum absolute atomic E-state index is 12.4. The van der Waals surface area contributed by atoms with Gasteiger partial charge in [0.1, 0.15) is 0 Å². The second-order valence-electron chi connectivity index (χ2n) is 4.25. The van der Waals surface area contributed by atoms with E-state index in [1.54, 1.807) is 12.1 Å². The Hall–Kier alpha value is -1.77. The standard InChI is InChI=1S/C15H13F3.C2H6/c1-11(12-5-3-2-4-6-12)13-7-9-14(10-8-13)15(16,17)18;1-2/h2-11H,1H3;1-2H3. The van der Waals surface area contributed by atoms with Gasteiger partial charge >= 0.3 is 6.18 Å². The van der Waals surface area contributed by atoms with Crippen molar-refractivity contribution in [1.82, 2.24) is 0 Å². The van der Waals surface area contributed by atoms with Gasteiger partial charge in [-0.05, 0) is 23.3 Å². The smallest absolute Gasteiger partial charge is 0.166 e. The molecule has 0 bridgehead atoms. The van der Waals surface area contributed by atoms with Crippen molar-refractivity contribution in [2.45, 2.75) is 32.9 Å². The van der Waals surface area contributed by atoms with Crippen LogP contribution in [0.25, 0.3) is 0 Å². The topological polar surface area (TPSA) is 0 Å². The molecule has 2 rings (SSSR count). The Morgan fingerprint density at radius 1 is 0.750 bits per heavy atom. The molecule has 0 aliphatic rings. The SMILES string of the molecule is CC.CC(c1ccccc1)c1ccc(C(F)(F)F)cc1. The molecule has 0 N–H and O–H groups in total. The monoisotopic (exact) mass is 280 g/mol. The van der Waals surface area contributed by atoms with Gasteiger partial charge in [-0.1, -0.05) is 63.2 Å². The molecule has 0 fully saturated rings. The van der Waals surface area contributed by atoms with E-state index in [0.717, 1.165) is 23.3 Å². The van der Waals surface area contributed by atoms with Gasteiger partial charge in [-0.3, -0.25) is 0 Å². The fourth-order valence-corrected chi connectivity index (χ4v) is 1.89. The third kappa shape index (κ3) is 4.12. The van der Waals surface area contributed by atoms with Crippen LogP contribution in [0.15, 0.2) is 54.6 Å². The largest absolute Gasteiger partial charge is 0.416 e. The third-order valence-electron chi connectivity index (χ3n) is 3.04. The van der Waals surface area contributed by atoms with E-state index in [2.05, 4.69) is 0 Å². The van der Waals surface area contributed by atoms with E-state index < -0.39 is 11.7 Å². The molecule has 0 nitrogen and oxygen atoms in total. The van der Waals surface area contributed by atoms with Gasteiger partial charge in [-0.15, -0.1) is 0 Å². The molecule has 108 valence electrons. The summed E-state index contributed by atoms with van der Waals surface area (Å²) in [6, 6.07) is 15.1. The molecule has 0 saturated carbocycles. The van der Waals surface area contributed by atoms with E-state index in [4.69, 9.17) is 0 Å². The van der Waals surface area contributed by atoms with Crippen molar-refractivity contribution < 1.29 is 13.2 Å². The Labute approximate surface area is 118 Å². The summed E-state index contributed by atoms with van der Waals surface area (Å²) in [5, 5.41) is 0. The third-order valence-corrected chi connectivity index (χ3v) is 3.04. The Balaban J connectivity index is 0.000000956. The highest BCUT2D eigenvalue weighted by atomic mass is 19.4. The fourth-order valence-electron chi connectivity index (χ4n) is 1.89. The molecule has 0 saturated heterocycles. The first-order valence-corrected chi connectivity index (χ1v) is 6.70. The highest BCUT2D eigenvalue weighted by Crippen LogP contribution is 2.31. The molecular formula is C17H19F3. The summed E-state index contributed by atoms with van der Waals surface area (Å²) in [5.74, 6) is 0.0912. The summed E-state index contributed by atoms with van der Waals surface area (Å²) >= 11 is 0. The molecule has 0 amide bonds. The highest BCUT2D eigenvalue weighted by molar-refractivity contribution is 5.34. The quantitative estimate of drug-likeness (QED) is 0.644. The molecule has 0 radical (unpaired) electrons. The molecular weight excluding hydrogens is 261 g/mol. The Morgan fingerprint density at radius 2 is 1.20 bits per heavy atom.